The van der Waals surface area contributed by atoms with Gasteiger partial charge in [-0.3, -0.25) is 13.2 Å². The topological polar surface area (TPSA) is 0 Å². The molecule has 2 saturated carbocycles. The molecule has 0 aliphatic heterocycles. The van der Waals surface area contributed by atoms with Gasteiger partial charge in [0.1, 0.15) is 0 Å². The average Bonchev–Trinajstić information content (AvgIpc) is 2.74. The quantitative estimate of drug-likeness (QED) is 0.321. The van der Waals surface area contributed by atoms with Crippen molar-refractivity contribution in [3.63, 3.8) is 0 Å². The van der Waals surface area contributed by atoms with Crippen molar-refractivity contribution in [1.29, 1.82) is 0 Å². The van der Waals surface area contributed by atoms with Crippen LogP contribution in [-0.2, 0) is 65.4 Å². The first-order valence-electron chi connectivity index (χ1n) is 10.8. The molecule has 2 aliphatic rings. The van der Waals surface area contributed by atoms with Crippen LogP contribution in [0.3, 0.4) is 0 Å². The molecule has 0 N–H and O–H groups in total. The van der Waals surface area contributed by atoms with Crippen LogP contribution < -0.4 is 0 Å². The van der Waals surface area contributed by atoms with Crippen molar-refractivity contribution in [1.82, 2.24) is 0 Å². The minimum atomic E-state index is 0. The van der Waals surface area contributed by atoms with Gasteiger partial charge in [-0.2, -0.15) is 12.8 Å². The van der Waals surface area contributed by atoms with Gasteiger partial charge < -0.3 is 12.2 Å². The molecular formula is C24H50Y2-2. The van der Waals surface area contributed by atoms with Crippen molar-refractivity contribution in [3.8, 4) is 0 Å². The van der Waals surface area contributed by atoms with Gasteiger partial charge in [-0.1, -0.05) is 119 Å². The Morgan fingerprint density at radius 2 is 0.538 bits per heavy atom. The third-order valence-electron chi connectivity index (χ3n) is 3.50. The van der Waals surface area contributed by atoms with Crippen molar-refractivity contribution in [2.24, 2.45) is 0 Å². The Morgan fingerprint density at radius 3 is 0.577 bits per heavy atom. The minimum Gasteiger partial charge on any atom is -0.504 e. The van der Waals surface area contributed by atoms with Gasteiger partial charge in [0.15, 0.2) is 0 Å². The molecule has 154 valence electrons. The van der Waals surface area contributed by atoms with E-state index in [9.17, 15) is 0 Å². The Morgan fingerprint density at radius 1 is 0.462 bits per heavy atom. The van der Waals surface area contributed by atoms with Gasteiger partial charge in [0, 0.05) is 65.4 Å². The number of rotatable bonds is 2. The number of hydrogen-bond acceptors (Lipinski definition) is 0. The standard InChI is InChI=1S/2C6H12.2C4H7.2C2H6.2Y/c2*1-2-4-6-5-3-1;2*1-3-4-2;2*1-2;;/h2*1-6H2;2*1,4H2,2H3;2*1-2H3;;/q;;2*-1;;;;. The van der Waals surface area contributed by atoms with Crippen LogP contribution in [0.4, 0.5) is 0 Å². The second-order valence-corrected chi connectivity index (χ2v) is 5.45. The normalized spacial score (nSPS) is 13.5. The van der Waals surface area contributed by atoms with Crippen molar-refractivity contribution in [2.45, 2.75) is 131 Å². The molecule has 2 rings (SSSR count). The van der Waals surface area contributed by atoms with Gasteiger partial charge in [0.25, 0.3) is 0 Å². The summed E-state index contributed by atoms with van der Waals surface area (Å²) in [5.41, 5.74) is 0. The second kappa shape index (κ2) is 56.3. The molecule has 2 fully saturated rings. The fourth-order valence-corrected chi connectivity index (χ4v) is 2.12. The van der Waals surface area contributed by atoms with Crippen LogP contribution in [0.15, 0.2) is 13.2 Å². The van der Waals surface area contributed by atoms with Gasteiger partial charge in [-0.15, -0.1) is 0 Å². The zero-order valence-electron chi connectivity index (χ0n) is 19.5. The Kier molecular flexibility index (Phi) is 90.8. The van der Waals surface area contributed by atoms with E-state index in [0.29, 0.717) is 0 Å². The predicted molar refractivity (Wildman–Crippen MR) is 116 cm³/mol. The molecule has 0 saturated heterocycles. The van der Waals surface area contributed by atoms with Gasteiger partial charge in [-0.25, -0.2) is 0 Å². The van der Waals surface area contributed by atoms with E-state index in [2.05, 4.69) is 25.3 Å². The molecule has 0 amide bonds. The molecule has 0 aromatic heterocycles. The zero-order chi connectivity index (χ0) is 19.3. The molecule has 0 heterocycles. The van der Waals surface area contributed by atoms with E-state index in [1.807, 2.05) is 41.5 Å². The third kappa shape index (κ3) is 63.6. The molecule has 0 aromatic carbocycles. The van der Waals surface area contributed by atoms with E-state index in [0.717, 1.165) is 12.8 Å². The van der Waals surface area contributed by atoms with Crippen LogP contribution in [0.5, 0.6) is 0 Å². The minimum absolute atomic E-state index is 0. The summed E-state index contributed by atoms with van der Waals surface area (Å²) in [7, 11) is 0. The number of hydrogen-bond donors (Lipinski definition) is 0. The Hall–Kier alpha value is 1.69. The second-order valence-electron chi connectivity index (χ2n) is 5.45. The maximum Gasteiger partial charge on any atom is 0 e. The van der Waals surface area contributed by atoms with Crippen LogP contribution in [0.1, 0.15) is 131 Å². The summed E-state index contributed by atoms with van der Waals surface area (Å²) >= 11 is 0. The van der Waals surface area contributed by atoms with Gasteiger partial charge in [0.05, 0.1) is 0 Å². The fraction of sp³-hybridized carbons (Fsp3) is 0.833. The summed E-state index contributed by atoms with van der Waals surface area (Å²) in [6, 6.07) is 0. The molecule has 0 nitrogen and oxygen atoms in total. The molecule has 2 radical (unpaired) electrons. The summed E-state index contributed by atoms with van der Waals surface area (Å²) in [5, 5.41) is 0. The predicted octanol–water partition coefficient (Wildman–Crippen LogP) is 9.50. The van der Waals surface area contributed by atoms with Crippen molar-refractivity contribution in [3.05, 3.63) is 25.3 Å². The zero-order valence-corrected chi connectivity index (χ0v) is 25.1. The van der Waals surface area contributed by atoms with Crippen LogP contribution in [0, 0.1) is 12.2 Å². The Balaban J connectivity index is -0.0000000478. The van der Waals surface area contributed by atoms with E-state index < -0.39 is 0 Å². The van der Waals surface area contributed by atoms with Crippen LogP contribution in [0.25, 0.3) is 0 Å². The fourth-order valence-electron chi connectivity index (χ4n) is 2.12. The molecule has 0 aromatic rings. The summed E-state index contributed by atoms with van der Waals surface area (Å²) in [5.74, 6) is 0. The van der Waals surface area contributed by atoms with Crippen LogP contribution in [0.2, 0.25) is 0 Å². The Bertz CT molecular complexity index is 128. The van der Waals surface area contributed by atoms with Crippen LogP contribution in [-0.4, -0.2) is 0 Å². The molecule has 0 spiro atoms. The van der Waals surface area contributed by atoms with Crippen molar-refractivity contribution >= 4 is 0 Å². The van der Waals surface area contributed by atoms with Crippen LogP contribution >= 0.6 is 0 Å². The molecule has 0 unspecified atom stereocenters. The summed E-state index contributed by atoms with van der Waals surface area (Å²) in [6.07, 6.45) is 25.3. The average molecular weight is 516 g/mol. The van der Waals surface area contributed by atoms with Gasteiger partial charge in [0.2, 0.25) is 0 Å². The summed E-state index contributed by atoms with van der Waals surface area (Å²) < 4.78 is 0. The first-order valence-corrected chi connectivity index (χ1v) is 10.8. The van der Waals surface area contributed by atoms with Gasteiger partial charge >= 0.3 is 0 Å². The summed E-state index contributed by atoms with van der Waals surface area (Å²) in [6.45, 7) is 18.7. The van der Waals surface area contributed by atoms with E-state index >= 15 is 0 Å². The molecular weight excluding hydrogens is 466 g/mol. The Labute approximate surface area is 220 Å². The maximum absolute atomic E-state index is 3.35. The molecule has 2 heteroatoms. The maximum atomic E-state index is 3.35. The first kappa shape index (κ1) is 41.9. The third-order valence-corrected chi connectivity index (χ3v) is 3.50. The smallest absolute Gasteiger partial charge is 0 e. The molecule has 2 aliphatic carbocycles. The molecule has 26 heavy (non-hydrogen) atoms. The molecule has 0 atom stereocenters. The largest absolute Gasteiger partial charge is 0.504 e. The molecule has 0 bridgehead atoms. The van der Waals surface area contributed by atoms with E-state index in [4.69, 9.17) is 0 Å². The number of allylic oxidation sites excluding steroid dienone is 2. The van der Waals surface area contributed by atoms with Crippen molar-refractivity contribution in [2.75, 3.05) is 0 Å². The van der Waals surface area contributed by atoms with E-state index in [1.165, 1.54) is 77.0 Å². The van der Waals surface area contributed by atoms with E-state index in [1.54, 1.807) is 0 Å². The van der Waals surface area contributed by atoms with Gasteiger partial charge in [-0.05, 0) is 0 Å². The van der Waals surface area contributed by atoms with Crippen molar-refractivity contribution < 1.29 is 65.4 Å². The monoisotopic (exact) mass is 516 g/mol. The SMILES string of the molecule is C1CCCCC1.C1CCCCC1.C=[C-]CC.C=[C-]CC.CC.CC.[Y].[Y]. The first-order chi connectivity index (χ1) is 11.8. The summed E-state index contributed by atoms with van der Waals surface area (Å²) in [4.78, 5) is 0. The van der Waals surface area contributed by atoms with E-state index in [-0.39, 0.29) is 65.4 Å².